The third kappa shape index (κ3) is 4.02. The molecule has 1 rings (SSSR count). The molecule has 3 heteroatoms. The van der Waals surface area contributed by atoms with Gasteiger partial charge in [-0.2, -0.15) is 0 Å². The van der Waals surface area contributed by atoms with Crippen LogP contribution < -0.4 is 11.1 Å². The summed E-state index contributed by atoms with van der Waals surface area (Å²) in [5.41, 5.74) is 7.52. The fourth-order valence-corrected chi connectivity index (χ4v) is 1.15. The first-order chi connectivity index (χ1) is 7.24. The van der Waals surface area contributed by atoms with Gasteiger partial charge >= 0.3 is 0 Å². The lowest BCUT2D eigenvalue weighted by molar-refractivity contribution is 0.719. The summed E-state index contributed by atoms with van der Waals surface area (Å²) in [5.74, 6) is 0. The smallest absolute Gasteiger partial charge is 0.0576 e. The van der Waals surface area contributed by atoms with E-state index < -0.39 is 0 Å². The Labute approximate surface area is 91.4 Å². The third-order valence-corrected chi connectivity index (χ3v) is 2.30. The van der Waals surface area contributed by atoms with Crippen LogP contribution in [-0.4, -0.2) is 18.8 Å². The fraction of sp³-hybridized carbons (Fsp3) is 0.417. The monoisotopic (exact) mass is 205 g/mol. The molecule has 0 fully saturated rings. The number of nitrogen functional groups attached to an aromatic ring is 1. The summed E-state index contributed by atoms with van der Waals surface area (Å²) < 4.78 is 0. The second-order valence-electron chi connectivity index (χ2n) is 3.56. The molecule has 1 atom stereocenters. The molecule has 0 aliphatic rings. The topological polar surface area (TPSA) is 50.4 Å². The van der Waals surface area contributed by atoms with Crippen LogP contribution in [0.1, 0.15) is 20.3 Å². The molecule has 0 bridgehead atoms. The van der Waals surface area contributed by atoms with Crippen LogP contribution in [0.3, 0.4) is 0 Å². The molecule has 0 aliphatic carbocycles. The van der Waals surface area contributed by atoms with E-state index in [1.807, 2.05) is 30.5 Å². The molecule has 0 saturated heterocycles. The SMILES string of the molecule is CCC(C)N=CCNc1ccccc1N. The fourth-order valence-electron chi connectivity index (χ4n) is 1.15. The molecular formula is C12H19N3. The Morgan fingerprint density at radius 1 is 1.47 bits per heavy atom. The van der Waals surface area contributed by atoms with Crippen molar-refractivity contribution >= 4 is 17.6 Å². The zero-order chi connectivity index (χ0) is 11.1. The summed E-state index contributed by atoms with van der Waals surface area (Å²) in [5, 5.41) is 3.22. The summed E-state index contributed by atoms with van der Waals surface area (Å²) in [6, 6.07) is 8.14. The van der Waals surface area contributed by atoms with E-state index >= 15 is 0 Å². The molecule has 15 heavy (non-hydrogen) atoms. The summed E-state index contributed by atoms with van der Waals surface area (Å²) in [4.78, 5) is 4.36. The maximum absolute atomic E-state index is 5.78. The van der Waals surface area contributed by atoms with E-state index in [9.17, 15) is 0 Å². The van der Waals surface area contributed by atoms with Crippen LogP contribution >= 0.6 is 0 Å². The van der Waals surface area contributed by atoms with E-state index in [0.29, 0.717) is 6.04 Å². The van der Waals surface area contributed by atoms with Gasteiger partial charge in [0, 0.05) is 18.8 Å². The van der Waals surface area contributed by atoms with E-state index in [-0.39, 0.29) is 0 Å². The second kappa shape index (κ2) is 6.06. The predicted molar refractivity (Wildman–Crippen MR) is 67.6 cm³/mol. The Balaban J connectivity index is 2.38. The highest BCUT2D eigenvalue weighted by atomic mass is 14.9. The number of hydrogen-bond acceptors (Lipinski definition) is 3. The van der Waals surface area contributed by atoms with Crippen molar-refractivity contribution < 1.29 is 0 Å². The highest BCUT2D eigenvalue weighted by Crippen LogP contribution is 2.15. The number of nitrogens with one attached hydrogen (secondary N) is 1. The molecule has 1 unspecified atom stereocenters. The number of anilines is 2. The lowest BCUT2D eigenvalue weighted by Gasteiger charge is -2.06. The predicted octanol–water partition coefficient (Wildman–Crippen LogP) is 2.55. The maximum atomic E-state index is 5.78. The highest BCUT2D eigenvalue weighted by molar-refractivity contribution is 5.71. The minimum absolute atomic E-state index is 0.403. The minimum Gasteiger partial charge on any atom is -0.397 e. The first-order valence-corrected chi connectivity index (χ1v) is 5.34. The van der Waals surface area contributed by atoms with E-state index in [1.165, 1.54) is 0 Å². The number of nitrogens with two attached hydrogens (primary N) is 1. The van der Waals surface area contributed by atoms with Gasteiger partial charge in [-0.3, -0.25) is 4.99 Å². The third-order valence-electron chi connectivity index (χ3n) is 2.30. The van der Waals surface area contributed by atoms with Gasteiger partial charge in [-0.15, -0.1) is 0 Å². The van der Waals surface area contributed by atoms with Gasteiger partial charge < -0.3 is 11.1 Å². The van der Waals surface area contributed by atoms with Crippen molar-refractivity contribution in [3.05, 3.63) is 24.3 Å². The number of nitrogens with zero attached hydrogens (tertiary/aromatic N) is 1. The van der Waals surface area contributed by atoms with Crippen molar-refractivity contribution in [2.24, 2.45) is 4.99 Å². The molecule has 0 heterocycles. The average Bonchev–Trinajstić information content (AvgIpc) is 2.26. The molecule has 3 N–H and O–H groups in total. The zero-order valence-corrected chi connectivity index (χ0v) is 9.40. The highest BCUT2D eigenvalue weighted by Gasteiger charge is 1.94. The zero-order valence-electron chi connectivity index (χ0n) is 9.40. The van der Waals surface area contributed by atoms with Crippen molar-refractivity contribution in [2.45, 2.75) is 26.3 Å². The number of para-hydroxylation sites is 2. The quantitative estimate of drug-likeness (QED) is 0.573. The molecule has 0 saturated carbocycles. The van der Waals surface area contributed by atoms with Crippen LogP contribution in [0.4, 0.5) is 11.4 Å². The van der Waals surface area contributed by atoms with Crippen molar-refractivity contribution in [2.75, 3.05) is 17.6 Å². The Kier molecular flexibility index (Phi) is 4.68. The van der Waals surface area contributed by atoms with Gasteiger partial charge in [0.25, 0.3) is 0 Å². The van der Waals surface area contributed by atoms with Gasteiger partial charge in [-0.05, 0) is 25.5 Å². The molecule has 0 aromatic heterocycles. The number of aliphatic imine (C=N–C) groups is 1. The lowest BCUT2D eigenvalue weighted by Crippen LogP contribution is -2.06. The molecule has 0 radical (unpaired) electrons. The maximum Gasteiger partial charge on any atom is 0.0576 e. The Morgan fingerprint density at radius 3 is 2.87 bits per heavy atom. The van der Waals surface area contributed by atoms with E-state index in [2.05, 4.69) is 24.2 Å². The number of benzene rings is 1. The van der Waals surface area contributed by atoms with Crippen LogP contribution in [0, 0.1) is 0 Å². The number of hydrogen-bond donors (Lipinski definition) is 2. The molecule has 3 nitrogen and oxygen atoms in total. The first-order valence-electron chi connectivity index (χ1n) is 5.34. The second-order valence-corrected chi connectivity index (χ2v) is 3.56. The van der Waals surface area contributed by atoms with Crippen LogP contribution in [0.5, 0.6) is 0 Å². The minimum atomic E-state index is 0.403. The van der Waals surface area contributed by atoms with Gasteiger partial charge in [0.05, 0.1) is 11.4 Å². The van der Waals surface area contributed by atoms with Gasteiger partial charge in [-0.25, -0.2) is 0 Å². The van der Waals surface area contributed by atoms with Crippen LogP contribution in [-0.2, 0) is 0 Å². The summed E-state index contributed by atoms with van der Waals surface area (Å²) in [6.07, 6.45) is 2.98. The van der Waals surface area contributed by atoms with Gasteiger partial charge in [0.1, 0.15) is 0 Å². The molecule has 0 amide bonds. The van der Waals surface area contributed by atoms with E-state index in [1.54, 1.807) is 0 Å². The van der Waals surface area contributed by atoms with Gasteiger partial charge in [0.2, 0.25) is 0 Å². The molecule has 1 aromatic carbocycles. The van der Waals surface area contributed by atoms with Crippen molar-refractivity contribution in [1.82, 2.24) is 0 Å². The summed E-state index contributed by atoms with van der Waals surface area (Å²) in [6.45, 7) is 4.95. The summed E-state index contributed by atoms with van der Waals surface area (Å²) in [7, 11) is 0. The largest absolute Gasteiger partial charge is 0.397 e. The molecule has 0 spiro atoms. The Bertz CT molecular complexity index is 320. The van der Waals surface area contributed by atoms with Crippen LogP contribution in [0.25, 0.3) is 0 Å². The van der Waals surface area contributed by atoms with Gasteiger partial charge in [-0.1, -0.05) is 19.1 Å². The van der Waals surface area contributed by atoms with E-state index in [4.69, 9.17) is 5.73 Å². The van der Waals surface area contributed by atoms with E-state index in [0.717, 1.165) is 24.3 Å². The van der Waals surface area contributed by atoms with Gasteiger partial charge in [0.15, 0.2) is 0 Å². The molecular weight excluding hydrogens is 186 g/mol. The standard InChI is InChI=1S/C12H19N3/c1-3-10(2)14-8-9-15-12-7-5-4-6-11(12)13/h4-8,10,15H,3,9,13H2,1-2H3. The Hall–Kier alpha value is -1.51. The van der Waals surface area contributed by atoms with Crippen LogP contribution in [0.2, 0.25) is 0 Å². The molecule has 1 aromatic rings. The lowest BCUT2D eigenvalue weighted by atomic mass is 10.2. The number of rotatable bonds is 5. The van der Waals surface area contributed by atoms with Crippen LogP contribution in [0.15, 0.2) is 29.3 Å². The summed E-state index contributed by atoms with van der Waals surface area (Å²) >= 11 is 0. The van der Waals surface area contributed by atoms with Crippen molar-refractivity contribution in [1.29, 1.82) is 0 Å². The molecule has 82 valence electrons. The van der Waals surface area contributed by atoms with Crippen molar-refractivity contribution in [3.8, 4) is 0 Å². The average molecular weight is 205 g/mol. The Morgan fingerprint density at radius 2 is 2.20 bits per heavy atom. The van der Waals surface area contributed by atoms with Crippen molar-refractivity contribution in [3.63, 3.8) is 0 Å². The normalized spacial score (nSPS) is 12.9. The first kappa shape index (κ1) is 11.6. The molecule has 0 aliphatic heterocycles.